The zero-order chi connectivity index (χ0) is 24.0. The molecular weight excluding hydrogens is 469 g/mol. The smallest absolute Gasteiger partial charge is 0.179 e. The molecule has 0 atom stereocenters. The number of hydrogen-bond donors (Lipinski definition) is 0. The maximum Gasteiger partial charge on any atom is 0.179 e. The van der Waals surface area contributed by atoms with Gasteiger partial charge in [-0.15, -0.1) is 0 Å². The Labute approximate surface area is 210 Å². The number of rotatable bonds is 6. The molecule has 9 heteroatoms. The Bertz CT molecular complexity index is 1320. The summed E-state index contributed by atoms with van der Waals surface area (Å²) in [6.45, 7) is 8.87. The molecule has 1 aromatic carbocycles. The van der Waals surface area contributed by atoms with Gasteiger partial charge in [0.15, 0.2) is 14.3 Å². The predicted octanol–water partition coefficient (Wildman–Crippen LogP) is 5.37. The lowest BCUT2D eigenvalue weighted by Crippen LogP contribution is -2.15. The molecule has 0 aliphatic heterocycles. The Morgan fingerprint density at radius 1 is 0.485 bits per heavy atom. The second kappa shape index (κ2) is 9.04. The summed E-state index contributed by atoms with van der Waals surface area (Å²) in [4.78, 5) is 0. The third kappa shape index (κ3) is 4.25. The van der Waals surface area contributed by atoms with Crippen LogP contribution in [0, 0.1) is 35.1 Å². The first-order chi connectivity index (χ1) is 15.6. The SMILES string of the molecule is Cc1c(Cn2ccn(C)c2=S)c(C)c(Cn2ccn(C)c2=S)c(C)c1Cn1ccn(C)c1=S. The summed E-state index contributed by atoms with van der Waals surface area (Å²) >= 11 is 16.9. The van der Waals surface area contributed by atoms with Crippen molar-refractivity contribution >= 4 is 36.7 Å². The highest BCUT2D eigenvalue weighted by Gasteiger charge is 2.19. The fourth-order valence-corrected chi connectivity index (χ4v) is 5.06. The van der Waals surface area contributed by atoms with Crippen molar-refractivity contribution in [3.05, 3.63) is 84.9 Å². The minimum atomic E-state index is 0.734. The summed E-state index contributed by atoms with van der Waals surface area (Å²) in [5, 5.41) is 0. The zero-order valence-electron chi connectivity index (χ0n) is 20.0. The largest absolute Gasteiger partial charge is 0.327 e. The molecule has 0 aliphatic rings. The number of aromatic nitrogens is 6. The van der Waals surface area contributed by atoms with Gasteiger partial charge in [-0.1, -0.05) is 0 Å². The van der Waals surface area contributed by atoms with E-state index < -0.39 is 0 Å². The van der Waals surface area contributed by atoms with Crippen molar-refractivity contribution in [1.29, 1.82) is 0 Å². The standard InChI is InChI=1S/C24H30N6S3/c1-16-19(13-28-10-7-25(4)22(28)31)17(2)21(15-30-12-9-27(6)24(30)33)18(3)20(16)14-29-11-8-26(5)23(29)32/h7-12H,13-15H2,1-6H3. The van der Waals surface area contributed by atoms with E-state index in [9.17, 15) is 0 Å². The van der Waals surface area contributed by atoms with Crippen molar-refractivity contribution in [1.82, 2.24) is 27.4 Å². The Kier molecular flexibility index (Phi) is 6.48. The lowest BCUT2D eigenvalue weighted by Gasteiger charge is -2.23. The van der Waals surface area contributed by atoms with E-state index in [4.69, 9.17) is 36.7 Å². The fourth-order valence-electron chi connectivity index (χ4n) is 4.51. The summed E-state index contributed by atoms with van der Waals surface area (Å²) in [5.41, 5.74) is 7.79. The van der Waals surface area contributed by atoms with Gasteiger partial charge in [-0.2, -0.15) is 0 Å². The molecule has 3 heterocycles. The van der Waals surface area contributed by atoms with Crippen LogP contribution in [0.3, 0.4) is 0 Å². The molecule has 0 bridgehead atoms. The Hall–Kier alpha value is -2.49. The minimum absolute atomic E-state index is 0.734. The van der Waals surface area contributed by atoms with Crippen molar-refractivity contribution in [3.8, 4) is 0 Å². The summed E-state index contributed by atoms with van der Waals surface area (Å²) in [7, 11) is 5.95. The highest BCUT2D eigenvalue weighted by atomic mass is 32.1. The van der Waals surface area contributed by atoms with E-state index in [0.29, 0.717) is 0 Å². The van der Waals surface area contributed by atoms with Gasteiger partial charge in [0.05, 0.1) is 19.6 Å². The van der Waals surface area contributed by atoms with Crippen molar-refractivity contribution < 1.29 is 0 Å². The van der Waals surface area contributed by atoms with Gasteiger partial charge in [0.2, 0.25) is 0 Å². The molecule has 0 saturated heterocycles. The average molecular weight is 499 g/mol. The van der Waals surface area contributed by atoms with Gasteiger partial charge < -0.3 is 27.4 Å². The molecule has 0 spiro atoms. The number of nitrogens with zero attached hydrogens (tertiary/aromatic N) is 6. The molecule has 0 amide bonds. The Balaban J connectivity index is 1.90. The maximum atomic E-state index is 5.64. The first-order valence-electron chi connectivity index (χ1n) is 10.9. The number of aryl methyl sites for hydroxylation is 3. The molecule has 4 rings (SSSR count). The molecule has 6 nitrogen and oxygen atoms in total. The molecule has 0 fully saturated rings. The van der Waals surface area contributed by atoms with Crippen molar-refractivity contribution in [2.24, 2.45) is 21.1 Å². The molecule has 0 radical (unpaired) electrons. The molecule has 174 valence electrons. The first-order valence-corrected chi connectivity index (χ1v) is 12.1. The Morgan fingerprint density at radius 2 is 0.727 bits per heavy atom. The summed E-state index contributed by atoms with van der Waals surface area (Å²) < 4.78 is 14.8. The van der Waals surface area contributed by atoms with Crippen LogP contribution in [-0.4, -0.2) is 27.4 Å². The second-order valence-corrected chi connectivity index (χ2v) is 9.86. The Morgan fingerprint density at radius 3 is 0.909 bits per heavy atom. The van der Waals surface area contributed by atoms with Crippen molar-refractivity contribution in [2.75, 3.05) is 0 Å². The predicted molar refractivity (Wildman–Crippen MR) is 141 cm³/mol. The van der Waals surface area contributed by atoms with E-state index in [0.717, 1.165) is 33.9 Å². The fraction of sp³-hybridized carbons (Fsp3) is 0.375. The third-order valence-corrected chi connectivity index (χ3v) is 8.32. The summed E-state index contributed by atoms with van der Waals surface area (Å²) in [5.74, 6) is 0. The van der Waals surface area contributed by atoms with Crippen molar-refractivity contribution in [3.63, 3.8) is 0 Å². The maximum absolute atomic E-state index is 5.64. The van der Waals surface area contributed by atoms with Gasteiger partial charge in [-0.25, -0.2) is 0 Å². The lowest BCUT2D eigenvalue weighted by atomic mass is 9.87. The van der Waals surface area contributed by atoms with E-state index in [1.807, 2.05) is 53.4 Å². The van der Waals surface area contributed by atoms with Crippen LogP contribution in [0.1, 0.15) is 33.4 Å². The van der Waals surface area contributed by atoms with Crippen LogP contribution in [0.25, 0.3) is 0 Å². The highest BCUT2D eigenvalue weighted by Crippen LogP contribution is 2.30. The van der Waals surface area contributed by atoms with Gasteiger partial charge in [0, 0.05) is 58.3 Å². The van der Waals surface area contributed by atoms with Gasteiger partial charge in [-0.05, 0) is 90.8 Å². The highest BCUT2D eigenvalue weighted by molar-refractivity contribution is 7.71. The van der Waals surface area contributed by atoms with Crippen LogP contribution in [0.15, 0.2) is 37.2 Å². The van der Waals surface area contributed by atoms with E-state index >= 15 is 0 Å². The molecule has 33 heavy (non-hydrogen) atoms. The quantitative estimate of drug-likeness (QED) is 0.335. The van der Waals surface area contributed by atoms with Crippen LogP contribution in [-0.2, 0) is 40.8 Å². The number of hydrogen-bond acceptors (Lipinski definition) is 3. The topological polar surface area (TPSA) is 29.6 Å². The first kappa shape index (κ1) is 23.7. The number of imidazole rings is 3. The minimum Gasteiger partial charge on any atom is -0.327 e. The van der Waals surface area contributed by atoms with Gasteiger partial charge in [0.25, 0.3) is 0 Å². The molecule has 0 aliphatic carbocycles. The molecule has 0 unspecified atom stereocenters. The lowest BCUT2D eigenvalue weighted by molar-refractivity contribution is 0.704. The normalized spacial score (nSPS) is 11.5. The summed E-state index contributed by atoms with van der Waals surface area (Å²) in [6, 6.07) is 0. The van der Waals surface area contributed by atoms with Crippen LogP contribution in [0.4, 0.5) is 0 Å². The monoisotopic (exact) mass is 498 g/mol. The van der Waals surface area contributed by atoms with Crippen LogP contribution < -0.4 is 0 Å². The van der Waals surface area contributed by atoms with Crippen LogP contribution in [0.5, 0.6) is 0 Å². The summed E-state index contributed by atoms with van der Waals surface area (Å²) in [6.07, 6.45) is 12.2. The van der Waals surface area contributed by atoms with E-state index in [1.54, 1.807) is 0 Å². The molecule has 4 aromatic rings. The third-order valence-electron chi connectivity index (χ3n) is 6.75. The van der Waals surface area contributed by atoms with Crippen molar-refractivity contribution in [2.45, 2.75) is 40.4 Å². The molecule has 3 aromatic heterocycles. The van der Waals surface area contributed by atoms with Crippen LogP contribution in [0.2, 0.25) is 0 Å². The average Bonchev–Trinajstić information content (AvgIpc) is 3.39. The molecule has 0 saturated carbocycles. The second-order valence-electron chi connectivity index (χ2n) is 8.77. The molecule has 0 N–H and O–H groups in total. The van der Waals surface area contributed by atoms with Crippen LogP contribution >= 0.6 is 36.7 Å². The zero-order valence-corrected chi connectivity index (χ0v) is 22.4. The van der Waals surface area contributed by atoms with Gasteiger partial charge in [0.1, 0.15) is 0 Å². The van der Waals surface area contributed by atoms with Gasteiger partial charge in [-0.3, -0.25) is 0 Å². The van der Waals surface area contributed by atoms with E-state index in [2.05, 4.69) is 53.1 Å². The van der Waals surface area contributed by atoms with E-state index in [-0.39, 0.29) is 0 Å². The van der Waals surface area contributed by atoms with Gasteiger partial charge >= 0.3 is 0 Å². The molecular formula is C24H30N6S3. The van der Waals surface area contributed by atoms with E-state index in [1.165, 1.54) is 33.4 Å². The number of benzene rings is 1.